The Morgan fingerprint density at radius 2 is 1.06 bits per heavy atom. The average Bonchev–Trinajstić information content (AvgIpc) is 2.85. The Kier molecular flexibility index (Phi) is 8.22. The first-order chi connectivity index (χ1) is 15.2. The monoisotopic (exact) mass is 460 g/mol. The summed E-state index contributed by atoms with van der Waals surface area (Å²) in [7, 11) is -1.94. The van der Waals surface area contributed by atoms with Crippen LogP contribution < -0.4 is 28.3 Å². The zero-order chi connectivity index (χ0) is 21.5. The highest BCUT2D eigenvalue weighted by molar-refractivity contribution is 7.95. The minimum Gasteiger partial charge on any atom is -1.00 e. The fourth-order valence-corrected chi connectivity index (χ4v) is 8.25. The van der Waals surface area contributed by atoms with Gasteiger partial charge in [-0.25, -0.2) is 4.79 Å². The molecule has 0 amide bonds. The molecule has 0 aliphatic rings. The molecule has 0 N–H and O–H groups in total. The van der Waals surface area contributed by atoms with Gasteiger partial charge in [-0.05, 0) is 61.0 Å². The zero-order valence-corrected chi connectivity index (χ0v) is 19.7. The number of rotatable bonds is 7. The predicted octanol–water partition coefficient (Wildman–Crippen LogP) is 2.36. The molecule has 4 aromatic rings. The molecule has 0 spiro atoms. The van der Waals surface area contributed by atoms with Crippen molar-refractivity contribution in [1.29, 1.82) is 0 Å². The Bertz CT molecular complexity index is 1020. The zero-order valence-electron chi connectivity index (χ0n) is 18.0. The number of benzene rings is 4. The van der Waals surface area contributed by atoms with Crippen molar-refractivity contribution in [3.8, 4) is 0 Å². The first-order valence-electron chi connectivity index (χ1n) is 10.5. The van der Waals surface area contributed by atoms with Gasteiger partial charge in [-0.3, -0.25) is 0 Å². The highest BCUT2D eigenvalue weighted by Gasteiger charge is 2.45. The molecule has 162 valence electrons. The third kappa shape index (κ3) is 4.93. The van der Waals surface area contributed by atoms with E-state index in [-0.39, 0.29) is 18.4 Å². The third-order valence-corrected chi connectivity index (χ3v) is 9.85. The Balaban J connectivity index is 0.00000289. The molecule has 0 radical (unpaired) electrons. The predicted molar refractivity (Wildman–Crippen MR) is 131 cm³/mol. The van der Waals surface area contributed by atoms with Gasteiger partial charge in [0.2, 0.25) is 0 Å². The van der Waals surface area contributed by atoms with E-state index in [1.165, 1.54) is 21.5 Å². The molecule has 0 aliphatic heterocycles. The van der Waals surface area contributed by atoms with Crippen LogP contribution in [-0.2, 0) is 10.9 Å². The summed E-state index contributed by atoms with van der Waals surface area (Å²) < 4.78 is 5.14. The number of carbonyl (C=O) groups is 1. The van der Waals surface area contributed by atoms with Gasteiger partial charge in [0.1, 0.15) is 23.2 Å². The van der Waals surface area contributed by atoms with Crippen LogP contribution in [0.1, 0.15) is 22.8 Å². The van der Waals surface area contributed by atoms with Crippen LogP contribution in [0.15, 0.2) is 115 Å². The molecule has 0 fully saturated rings. The van der Waals surface area contributed by atoms with Crippen LogP contribution in [-0.4, -0.2) is 12.6 Å². The van der Waals surface area contributed by atoms with Gasteiger partial charge >= 0.3 is 5.97 Å². The largest absolute Gasteiger partial charge is 1.00 e. The second-order valence-corrected chi connectivity index (χ2v) is 10.9. The van der Waals surface area contributed by atoms with Crippen molar-refractivity contribution < 1.29 is 21.9 Å². The lowest BCUT2D eigenvalue weighted by molar-refractivity contribution is -0.0000240. The first kappa shape index (κ1) is 23.7. The highest BCUT2D eigenvalue weighted by Crippen LogP contribution is 2.58. The number of halogens is 1. The standard InChI is InChI=1S/C28H26O2P.ClH/c1-2-30-28(29)24-20-18-23(19-21-24)22-31(25-12-6-3-7-13-25,26-14-8-4-9-15-26)27-16-10-5-11-17-27;/h3-21H,2,22H2,1H3;1H/q+1;/p-1. The van der Waals surface area contributed by atoms with Gasteiger partial charge in [-0.2, -0.15) is 0 Å². The van der Waals surface area contributed by atoms with Crippen LogP contribution in [0, 0.1) is 0 Å². The highest BCUT2D eigenvalue weighted by atomic mass is 35.5. The van der Waals surface area contributed by atoms with Gasteiger partial charge < -0.3 is 17.1 Å². The number of hydrogen-bond donors (Lipinski definition) is 0. The molecule has 0 aromatic heterocycles. The van der Waals surface area contributed by atoms with Gasteiger partial charge in [-0.15, -0.1) is 0 Å². The van der Waals surface area contributed by atoms with Crippen molar-refractivity contribution in [3.05, 3.63) is 126 Å². The maximum atomic E-state index is 12.1. The summed E-state index contributed by atoms with van der Waals surface area (Å²) in [5.74, 6) is -0.274. The van der Waals surface area contributed by atoms with E-state index in [1.54, 1.807) is 0 Å². The summed E-state index contributed by atoms with van der Waals surface area (Å²) in [5.41, 5.74) is 1.80. The summed E-state index contributed by atoms with van der Waals surface area (Å²) >= 11 is 0. The molecule has 0 saturated carbocycles. The fourth-order valence-electron chi connectivity index (χ4n) is 4.00. The summed E-state index contributed by atoms with van der Waals surface area (Å²) in [6, 6.07) is 40.4. The van der Waals surface area contributed by atoms with Gasteiger partial charge in [0.25, 0.3) is 0 Å². The Morgan fingerprint density at radius 1 is 0.656 bits per heavy atom. The van der Waals surface area contributed by atoms with Crippen LogP contribution in [0.2, 0.25) is 0 Å². The quantitative estimate of drug-likeness (QED) is 0.313. The van der Waals surface area contributed by atoms with Crippen LogP contribution in [0.3, 0.4) is 0 Å². The van der Waals surface area contributed by atoms with Crippen molar-refractivity contribution in [3.63, 3.8) is 0 Å². The minimum atomic E-state index is -1.94. The maximum absolute atomic E-state index is 12.1. The second kappa shape index (κ2) is 11.1. The summed E-state index contributed by atoms with van der Waals surface area (Å²) in [6.45, 7) is 2.20. The lowest BCUT2D eigenvalue weighted by atomic mass is 10.1. The molecule has 4 aromatic carbocycles. The van der Waals surface area contributed by atoms with E-state index in [2.05, 4.69) is 103 Å². The molecule has 4 heteroatoms. The molecular weight excluding hydrogens is 435 g/mol. The van der Waals surface area contributed by atoms with E-state index >= 15 is 0 Å². The summed E-state index contributed by atoms with van der Waals surface area (Å²) in [6.07, 6.45) is 0.883. The lowest BCUT2D eigenvalue weighted by Crippen LogP contribution is -3.00. The number of ether oxygens (including phenoxy) is 1. The van der Waals surface area contributed by atoms with E-state index < -0.39 is 7.26 Å². The van der Waals surface area contributed by atoms with Crippen LogP contribution in [0.4, 0.5) is 0 Å². The van der Waals surface area contributed by atoms with Crippen LogP contribution in [0.5, 0.6) is 0 Å². The molecule has 0 saturated heterocycles. The van der Waals surface area contributed by atoms with Crippen LogP contribution in [0.25, 0.3) is 0 Å². The van der Waals surface area contributed by atoms with Crippen LogP contribution >= 0.6 is 7.26 Å². The van der Waals surface area contributed by atoms with Crippen molar-refractivity contribution in [2.24, 2.45) is 0 Å². The molecule has 2 nitrogen and oxygen atoms in total. The fraction of sp³-hybridized carbons (Fsp3) is 0.107. The Morgan fingerprint density at radius 3 is 1.44 bits per heavy atom. The maximum Gasteiger partial charge on any atom is 0.338 e. The van der Waals surface area contributed by atoms with E-state index in [0.717, 1.165) is 6.16 Å². The van der Waals surface area contributed by atoms with Crippen molar-refractivity contribution in [1.82, 2.24) is 0 Å². The smallest absolute Gasteiger partial charge is 0.338 e. The molecule has 32 heavy (non-hydrogen) atoms. The molecular formula is C28H26ClO2P. The SMILES string of the molecule is CCOC(=O)c1ccc(C[P+](c2ccccc2)(c2ccccc2)c2ccccc2)cc1.[Cl-]. The Labute approximate surface area is 197 Å². The van der Waals surface area contributed by atoms with Gasteiger partial charge in [-0.1, -0.05) is 66.7 Å². The summed E-state index contributed by atoms with van der Waals surface area (Å²) in [4.78, 5) is 12.1. The first-order valence-corrected chi connectivity index (χ1v) is 12.5. The molecule has 0 bridgehead atoms. The van der Waals surface area contributed by atoms with Crippen molar-refractivity contribution in [2.75, 3.05) is 6.61 Å². The molecule has 0 aliphatic carbocycles. The van der Waals surface area contributed by atoms with Crippen molar-refractivity contribution in [2.45, 2.75) is 13.1 Å². The average molecular weight is 461 g/mol. The summed E-state index contributed by atoms with van der Waals surface area (Å²) in [5, 5.41) is 4.05. The molecule has 0 unspecified atom stereocenters. The van der Waals surface area contributed by atoms with Gasteiger partial charge in [0.15, 0.2) is 0 Å². The topological polar surface area (TPSA) is 26.3 Å². The van der Waals surface area contributed by atoms with Gasteiger partial charge in [0.05, 0.1) is 18.3 Å². The molecule has 0 heterocycles. The lowest BCUT2D eigenvalue weighted by Gasteiger charge is -2.27. The van der Waals surface area contributed by atoms with E-state index in [4.69, 9.17) is 4.74 Å². The normalized spacial score (nSPS) is 10.8. The third-order valence-electron chi connectivity index (χ3n) is 5.48. The Hall–Kier alpha value is -2.93. The van der Waals surface area contributed by atoms with Crippen molar-refractivity contribution >= 4 is 29.1 Å². The van der Waals surface area contributed by atoms with E-state index in [9.17, 15) is 4.79 Å². The minimum absolute atomic E-state index is 0. The van der Waals surface area contributed by atoms with Gasteiger partial charge in [0, 0.05) is 0 Å². The van der Waals surface area contributed by atoms with E-state index in [1.807, 2.05) is 19.1 Å². The molecule has 4 rings (SSSR count). The second-order valence-electron chi connectivity index (χ2n) is 7.39. The number of hydrogen-bond acceptors (Lipinski definition) is 2. The van der Waals surface area contributed by atoms with E-state index in [0.29, 0.717) is 12.2 Å². The molecule has 0 atom stereocenters. The number of esters is 1. The number of carbonyl (C=O) groups excluding carboxylic acids is 1.